The van der Waals surface area contributed by atoms with Crippen LogP contribution in [0.4, 0.5) is 4.79 Å². The number of aliphatic hydroxyl groups excluding tert-OH is 1. The Labute approximate surface area is 136 Å². The first-order chi connectivity index (χ1) is 11.1. The van der Waals surface area contributed by atoms with Gasteiger partial charge in [-0.3, -0.25) is 4.79 Å². The van der Waals surface area contributed by atoms with Crippen molar-refractivity contribution in [3.8, 4) is 0 Å². The third-order valence-electron chi connectivity index (χ3n) is 4.24. The van der Waals surface area contributed by atoms with E-state index < -0.39 is 0 Å². The Morgan fingerprint density at radius 1 is 1.17 bits per heavy atom. The molecule has 3 N–H and O–H groups in total. The molecule has 23 heavy (non-hydrogen) atoms. The van der Waals surface area contributed by atoms with E-state index in [4.69, 9.17) is 0 Å². The molecule has 1 saturated heterocycles. The molecule has 1 aliphatic rings. The van der Waals surface area contributed by atoms with Crippen LogP contribution in [0.3, 0.4) is 0 Å². The molecule has 3 atom stereocenters. The van der Waals surface area contributed by atoms with Gasteiger partial charge in [-0.2, -0.15) is 0 Å². The van der Waals surface area contributed by atoms with Crippen LogP contribution in [0.5, 0.6) is 0 Å². The van der Waals surface area contributed by atoms with Crippen molar-refractivity contribution < 1.29 is 14.7 Å². The van der Waals surface area contributed by atoms with Crippen LogP contribution in [-0.4, -0.2) is 53.7 Å². The van der Waals surface area contributed by atoms with Crippen molar-refractivity contribution >= 4 is 11.9 Å². The second-order valence-corrected chi connectivity index (χ2v) is 5.83. The minimum atomic E-state index is -0.270. The average Bonchev–Trinajstić information content (AvgIpc) is 2.53. The highest BCUT2D eigenvalue weighted by atomic mass is 16.3. The van der Waals surface area contributed by atoms with E-state index >= 15 is 0 Å². The summed E-state index contributed by atoms with van der Waals surface area (Å²) in [6.45, 7) is 4.32. The van der Waals surface area contributed by atoms with Gasteiger partial charge >= 0.3 is 6.03 Å². The monoisotopic (exact) mass is 319 g/mol. The lowest BCUT2D eigenvalue weighted by atomic mass is 9.75. The maximum atomic E-state index is 12.4. The van der Waals surface area contributed by atoms with Gasteiger partial charge in [0, 0.05) is 25.9 Å². The molecule has 0 radical (unpaired) electrons. The number of carbonyl (C=O) groups is 2. The van der Waals surface area contributed by atoms with E-state index in [2.05, 4.69) is 10.6 Å². The number of likely N-dealkylation sites (tertiary alicyclic amines) is 1. The van der Waals surface area contributed by atoms with Gasteiger partial charge < -0.3 is 20.6 Å². The molecule has 1 aromatic carbocycles. The predicted octanol–water partition coefficient (Wildman–Crippen LogP) is 1.07. The molecule has 1 aromatic rings. The second kappa shape index (κ2) is 7.97. The molecule has 0 aliphatic carbocycles. The largest absolute Gasteiger partial charge is 0.394 e. The summed E-state index contributed by atoms with van der Waals surface area (Å²) < 4.78 is 0. The molecule has 1 aliphatic heterocycles. The van der Waals surface area contributed by atoms with Gasteiger partial charge in [0.1, 0.15) is 0 Å². The molecular weight excluding hydrogens is 294 g/mol. The zero-order valence-corrected chi connectivity index (χ0v) is 13.7. The van der Waals surface area contributed by atoms with Crippen LogP contribution < -0.4 is 10.6 Å². The molecule has 1 fully saturated rings. The van der Waals surface area contributed by atoms with Gasteiger partial charge in [-0.1, -0.05) is 37.3 Å². The van der Waals surface area contributed by atoms with Crippen LogP contribution >= 0.6 is 0 Å². The van der Waals surface area contributed by atoms with Gasteiger partial charge in [0.2, 0.25) is 5.91 Å². The van der Waals surface area contributed by atoms with Gasteiger partial charge in [0.15, 0.2) is 0 Å². The molecule has 0 bridgehead atoms. The van der Waals surface area contributed by atoms with Gasteiger partial charge in [-0.05, 0) is 12.0 Å². The van der Waals surface area contributed by atoms with E-state index in [1.165, 1.54) is 6.92 Å². The molecular formula is C17H25N3O3. The number of benzene rings is 1. The smallest absolute Gasteiger partial charge is 0.318 e. The second-order valence-electron chi connectivity index (χ2n) is 5.83. The standard InChI is InChI=1S/C17H25N3O3/c1-3-9-18-17(23)20-14(10-19-12(2)22)16(15(20)11-21)13-7-5-4-6-8-13/h4-8,14-16,21H,3,9-11H2,1-2H3,(H,18,23)(H,19,22)/t14-,15-,16+/m1/s1. The summed E-state index contributed by atoms with van der Waals surface area (Å²) in [5, 5.41) is 15.4. The zero-order chi connectivity index (χ0) is 16.8. The zero-order valence-electron chi connectivity index (χ0n) is 13.7. The number of hydrogen-bond acceptors (Lipinski definition) is 3. The maximum absolute atomic E-state index is 12.4. The van der Waals surface area contributed by atoms with E-state index in [9.17, 15) is 14.7 Å². The lowest BCUT2D eigenvalue weighted by molar-refractivity contribution is -0.119. The molecule has 6 heteroatoms. The van der Waals surface area contributed by atoms with E-state index in [-0.39, 0.29) is 36.5 Å². The van der Waals surface area contributed by atoms with E-state index in [0.29, 0.717) is 13.1 Å². The molecule has 2 rings (SSSR count). The average molecular weight is 319 g/mol. The van der Waals surface area contributed by atoms with Crippen molar-refractivity contribution in [1.29, 1.82) is 0 Å². The van der Waals surface area contributed by atoms with E-state index in [1.807, 2.05) is 37.3 Å². The molecule has 1 heterocycles. The minimum Gasteiger partial charge on any atom is -0.394 e. The van der Waals surface area contributed by atoms with Gasteiger partial charge in [-0.25, -0.2) is 4.79 Å². The molecule has 0 unspecified atom stereocenters. The summed E-state index contributed by atoms with van der Waals surface area (Å²) in [5.41, 5.74) is 1.07. The van der Waals surface area contributed by atoms with Crippen LogP contribution in [0.1, 0.15) is 31.7 Å². The Kier molecular flexibility index (Phi) is 5.98. The molecule has 0 spiro atoms. The van der Waals surface area contributed by atoms with Crippen LogP contribution in [0.15, 0.2) is 30.3 Å². The lowest BCUT2D eigenvalue weighted by Gasteiger charge is -2.54. The number of nitrogens with one attached hydrogen (secondary N) is 2. The summed E-state index contributed by atoms with van der Waals surface area (Å²) in [7, 11) is 0. The van der Waals surface area contributed by atoms with Gasteiger partial charge in [0.25, 0.3) is 0 Å². The number of nitrogens with zero attached hydrogens (tertiary/aromatic N) is 1. The molecule has 0 saturated carbocycles. The number of carbonyl (C=O) groups excluding carboxylic acids is 2. The predicted molar refractivity (Wildman–Crippen MR) is 88.1 cm³/mol. The van der Waals surface area contributed by atoms with Crippen LogP contribution in [-0.2, 0) is 4.79 Å². The summed E-state index contributed by atoms with van der Waals surface area (Å²) in [4.78, 5) is 25.3. The summed E-state index contributed by atoms with van der Waals surface area (Å²) in [5.74, 6) is -0.112. The Hall–Kier alpha value is -2.08. The Balaban J connectivity index is 2.19. The van der Waals surface area contributed by atoms with Crippen molar-refractivity contribution in [3.63, 3.8) is 0 Å². The Bertz CT molecular complexity index is 535. The summed E-state index contributed by atoms with van der Waals surface area (Å²) in [6.07, 6.45) is 0.849. The topological polar surface area (TPSA) is 81.7 Å². The first-order valence-electron chi connectivity index (χ1n) is 8.06. The number of rotatable bonds is 6. The molecule has 0 aromatic heterocycles. The minimum absolute atomic E-state index is 0.0143. The van der Waals surface area contributed by atoms with Crippen LogP contribution in [0.2, 0.25) is 0 Å². The van der Waals surface area contributed by atoms with Crippen molar-refractivity contribution in [2.75, 3.05) is 19.7 Å². The highest BCUT2D eigenvalue weighted by molar-refractivity contribution is 5.77. The first-order valence-corrected chi connectivity index (χ1v) is 8.06. The normalized spacial score (nSPS) is 23.1. The summed E-state index contributed by atoms with van der Waals surface area (Å²) >= 11 is 0. The Morgan fingerprint density at radius 3 is 2.43 bits per heavy atom. The Morgan fingerprint density at radius 2 is 1.87 bits per heavy atom. The third-order valence-corrected chi connectivity index (χ3v) is 4.24. The fourth-order valence-corrected chi connectivity index (χ4v) is 3.17. The number of amides is 3. The number of aliphatic hydroxyl groups is 1. The third kappa shape index (κ3) is 3.82. The SMILES string of the molecule is CCCNC(=O)N1[C@H](CO)[C@@H](c2ccccc2)[C@H]1CNC(C)=O. The highest BCUT2D eigenvalue weighted by Crippen LogP contribution is 2.40. The molecule has 3 amide bonds. The fourth-order valence-electron chi connectivity index (χ4n) is 3.17. The van der Waals surface area contributed by atoms with E-state index in [1.54, 1.807) is 4.90 Å². The molecule has 126 valence electrons. The fraction of sp³-hybridized carbons (Fsp3) is 0.529. The highest BCUT2D eigenvalue weighted by Gasteiger charge is 2.50. The number of hydrogen-bond donors (Lipinski definition) is 3. The van der Waals surface area contributed by atoms with Gasteiger partial charge in [0.05, 0.1) is 18.7 Å². The van der Waals surface area contributed by atoms with Gasteiger partial charge in [-0.15, -0.1) is 0 Å². The van der Waals surface area contributed by atoms with Crippen LogP contribution in [0, 0.1) is 0 Å². The molecule has 6 nitrogen and oxygen atoms in total. The first kappa shape index (κ1) is 17.3. The maximum Gasteiger partial charge on any atom is 0.318 e. The number of urea groups is 1. The lowest BCUT2D eigenvalue weighted by Crippen LogP contribution is -2.70. The van der Waals surface area contributed by atoms with E-state index in [0.717, 1.165) is 12.0 Å². The quantitative estimate of drug-likeness (QED) is 0.733. The van der Waals surface area contributed by atoms with Crippen molar-refractivity contribution in [3.05, 3.63) is 35.9 Å². The van der Waals surface area contributed by atoms with Crippen molar-refractivity contribution in [2.24, 2.45) is 0 Å². The summed E-state index contributed by atoms with van der Waals surface area (Å²) in [6, 6.07) is 9.20. The van der Waals surface area contributed by atoms with Crippen LogP contribution in [0.25, 0.3) is 0 Å². The van der Waals surface area contributed by atoms with Crippen molar-refractivity contribution in [2.45, 2.75) is 38.3 Å². The van der Waals surface area contributed by atoms with Crippen molar-refractivity contribution in [1.82, 2.24) is 15.5 Å².